The number of morpholine rings is 1. The average molecular weight is 236 g/mol. The zero-order valence-corrected chi connectivity index (χ0v) is 9.35. The molecule has 1 atom stereocenters. The second kappa shape index (κ2) is 5.95. The molecule has 1 saturated heterocycles. The highest BCUT2D eigenvalue weighted by Crippen LogP contribution is 2.07. The second-order valence-electron chi connectivity index (χ2n) is 3.50. The Labute approximate surface area is 83.4 Å². The minimum absolute atomic E-state index is 0.799. The van der Waals surface area contributed by atoms with Gasteiger partial charge in [0.25, 0.3) is 0 Å². The van der Waals surface area contributed by atoms with E-state index in [9.17, 15) is 0 Å². The fraction of sp³-hybridized carbons (Fsp3) is 1.00. The smallest absolute Gasteiger partial charge is 0.0594 e. The second-order valence-corrected chi connectivity index (χ2v) is 4.15. The van der Waals surface area contributed by atoms with Gasteiger partial charge in [-0.1, -0.05) is 22.9 Å². The van der Waals surface area contributed by atoms with Crippen LogP contribution in [0.25, 0.3) is 0 Å². The van der Waals surface area contributed by atoms with Crippen molar-refractivity contribution in [2.45, 2.75) is 13.3 Å². The first-order valence-electron chi connectivity index (χ1n) is 4.69. The molecular weight excluding hydrogens is 218 g/mol. The molecule has 1 aliphatic heterocycles. The van der Waals surface area contributed by atoms with Crippen molar-refractivity contribution in [3.63, 3.8) is 0 Å². The molecule has 0 saturated carbocycles. The first kappa shape index (κ1) is 10.5. The molecule has 0 aromatic heterocycles. The summed E-state index contributed by atoms with van der Waals surface area (Å²) in [6.07, 6.45) is 1.30. The molecule has 0 aliphatic carbocycles. The normalized spacial score (nSPS) is 22.5. The van der Waals surface area contributed by atoms with Gasteiger partial charge in [0, 0.05) is 18.4 Å². The van der Waals surface area contributed by atoms with Crippen LogP contribution in [-0.4, -0.2) is 43.1 Å². The molecule has 1 unspecified atom stereocenters. The summed E-state index contributed by atoms with van der Waals surface area (Å²) in [5.41, 5.74) is 0. The number of rotatable bonds is 4. The number of nitrogens with zero attached hydrogens (tertiary/aromatic N) is 1. The van der Waals surface area contributed by atoms with E-state index in [1.165, 1.54) is 13.0 Å². The highest BCUT2D eigenvalue weighted by molar-refractivity contribution is 9.09. The summed E-state index contributed by atoms with van der Waals surface area (Å²) in [4.78, 5) is 2.49. The maximum atomic E-state index is 5.28. The van der Waals surface area contributed by atoms with Gasteiger partial charge in [0.15, 0.2) is 0 Å². The SMILES string of the molecule is CC(CBr)CCN1CCOCC1. The van der Waals surface area contributed by atoms with E-state index in [0.29, 0.717) is 0 Å². The predicted molar refractivity (Wildman–Crippen MR) is 54.8 cm³/mol. The standard InChI is InChI=1S/C9H18BrNO/c1-9(8-10)2-3-11-4-6-12-7-5-11/h9H,2-8H2,1H3. The summed E-state index contributed by atoms with van der Waals surface area (Å²) in [6.45, 7) is 7.60. The fourth-order valence-corrected chi connectivity index (χ4v) is 1.63. The molecule has 0 aromatic carbocycles. The Morgan fingerprint density at radius 1 is 1.42 bits per heavy atom. The lowest BCUT2D eigenvalue weighted by Gasteiger charge is -2.27. The van der Waals surface area contributed by atoms with Crippen LogP contribution in [0, 0.1) is 5.92 Å². The third kappa shape index (κ3) is 3.87. The monoisotopic (exact) mass is 235 g/mol. The summed E-state index contributed by atoms with van der Waals surface area (Å²) < 4.78 is 5.28. The van der Waals surface area contributed by atoms with E-state index in [1.54, 1.807) is 0 Å². The lowest BCUT2D eigenvalue weighted by molar-refractivity contribution is 0.0360. The Morgan fingerprint density at radius 2 is 2.08 bits per heavy atom. The first-order valence-corrected chi connectivity index (χ1v) is 5.81. The molecule has 1 aliphatic rings. The Bertz CT molecular complexity index is 115. The van der Waals surface area contributed by atoms with Gasteiger partial charge in [-0.05, 0) is 18.9 Å². The van der Waals surface area contributed by atoms with Gasteiger partial charge in [0.2, 0.25) is 0 Å². The highest BCUT2D eigenvalue weighted by Gasteiger charge is 2.10. The van der Waals surface area contributed by atoms with Crippen molar-refractivity contribution in [1.82, 2.24) is 4.90 Å². The number of halogens is 1. The van der Waals surface area contributed by atoms with Gasteiger partial charge in [-0.2, -0.15) is 0 Å². The molecular formula is C9H18BrNO. The fourth-order valence-electron chi connectivity index (χ4n) is 1.30. The zero-order chi connectivity index (χ0) is 8.81. The molecule has 72 valence electrons. The summed E-state index contributed by atoms with van der Waals surface area (Å²) in [5, 5.41) is 1.12. The molecule has 12 heavy (non-hydrogen) atoms. The zero-order valence-electron chi connectivity index (χ0n) is 7.76. The Balaban J connectivity index is 2.05. The third-order valence-corrected chi connectivity index (χ3v) is 3.41. The lowest BCUT2D eigenvalue weighted by Crippen LogP contribution is -2.37. The van der Waals surface area contributed by atoms with Crippen LogP contribution in [0.15, 0.2) is 0 Å². The van der Waals surface area contributed by atoms with Gasteiger partial charge in [-0.3, -0.25) is 4.90 Å². The van der Waals surface area contributed by atoms with Crippen LogP contribution >= 0.6 is 15.9 Å². The van der Waals surface area contributed by atoms with E-state index in [-0.39, 0.29) is 0 Å². The molecule has 0 radical (unpaired) electrons. The van der Waals surface area contributed by atoms with Gasteiger partial charge in [0.05, 0.1) is 13.2 Å². The summed E-state index contributed by atoms with van der Waals surface area (Å²) in [6, 6.07) is 0. The topological polar surface area (TPSA) is 12.5 Å². The van der Waals surface area contributed by atoms with E-state index >= 15 is 0 Å². The quantitative estimate of drug-likeness (QED) is 0.689. The number of alkyl halides is 1. The minimum atomic E-state index is 0.799. The van der Waals surface area contributed by atoms with Gasteiger partial charge in [-0.25, -0.2) is 0 Å². The van der Waals surface area contributed by atoms with Crippen LogP contribution in [0.4, 0.5) is 0 Å². The van der Waals surface area contributed by atoms with Gasteiger partial charge in [-0.15, -0.1) is 0 Å². The molecule has 0 amide bonds. The molecule has 1 heterocycles. The van der Waals surface area contributed by atoms with E-state index in [4.69, 9.17) is 4.74 Å². The predicted octanol–water partition coefficient (Wildman–Crippen LogP) is 1.74. The highest BCUT2D eigenvalue weighted by atomic mass is 79.9. The first-order chi connectivity index (χ1) is 5.83. The van der Waals surface area contributed by atoms with Crippen molar-refractivity contribution in [3.8, 4) is 0 Å². The molecule has 0 aromatic rings. The molecule has 0 N–H and O–H groups in total. The van der Waals surface area contributed by atoms with Crippen LogP contribution < -0.4 is 0 Å². The summed E-state index contributed by atoms with van der Waals surface area (Å²) in [7, 11) is 0. The van der Waals surface area contributed by atoms with Crippen LogP contribution in [0.1, 0.15) is 13.3 Å². The van der Waals surface area contributed by atoms with Crippen molar-refractivity contribution >= 4 is 15.9 Å². The van der Waals surface area contributed by atoms with Crippen molar-refractivity contribution in [2.75, 3.05) is 38.2 Å². The van der Waals surface area contributed by atoms with Crippen molar-refractivity contribution in [3.05, 3.63) is 0 Å². The van der Waals surface area contributed by atoms with Crippen LogP contribution in [-0.2, 0) is 4.74 Å². The Hall–Kier alpha value is 0.400. The Kier molecular flexibility index (Phi) is 5.19. The molecule has 1 fully saturated rings. The largest absolute Gasteiger partial charge is 0.379 e. The van der Waals surface area contributed by atoms with E-state index in [2.05, 4.69) is 27.8 Å². The molecule has 0 bridgehead atoms. The Morgan fingerprint density at radius 3 is 2.67 bits per heavy atom. The molecule has 3 heteroatoms. The van der Waals surface area contributed by atoms with Crippen LogP contribution in [0.3, 0.4) is 0 Å². The van der Waals surface area contributed by atoms with Gasteiger partial charge >= 0.3 is 0 Å². The van der Waals surface area contributed by atoms with Crippen molar-refractivity contribution in [1.29, 1.82) is 0 Å². The van der Waals surface area contributed by atoms with Crippen molar-refractivity contribution < 1.29 is 4.74 Å². The summed E-state index contributed by atoms with van der Waals surface area (Å²) in [5.74, 6) is 0.799. The van der Waals surface area contributed by atoms with E-state index in [1.807, 2.05) is 0 Å². The van der Waals surface area contributed by atoms with Crippen LogP contribution in [0.5, 0.6) is 0 Å². The lowest BCUT2D eigenvalue weighted by atomic mass is 10.1. The van der Waals surface area contributed by atoms with Gasteiger partial charge < -0.3 is 4.74 Å². The average Bonchev–Trinajstić information content (AvgIpc) is 2.16. The van der Waals surface area contributed by atoms with E-state index < -0.39 is 0 Å². The van der Waals surface area contributed by atoms with Crippen molar-refractivity contribution in [2.24, 2.45) is 5.92 Å². The van der Waals surface area contributed by atoms with Gasteiger partial charge in [0.1, 0.15) is 0 Å². The number of hydrogen-bond donors (Lipinski definition) is 0. The van der Waals surface area contributed by atoms with Crippen LogP contribution in [0.2, 0.25) is 0 Å². The molecule has 1 rings (SSSR count). The molecule has 0 spiro atoms. The minimum Gasteiger partial charge on any atom is -0.379 e. The van der Waals surface area contributed by atoms with E-state index in [0.717, 1.165) is 37.6 Å². The maximum Gasteiger partial charge on any atom is 0.0594 e. The third-order valence-electron chi connectivity index (χ3n) is 2.31. The maximum absolute atomic E-state index is 5.28. The molecule has 2 nitrogen and oxygen atoms in total. The summed E-state index contributed by atoms with van der Waals surface area (Å²) >= 11 is 3.50. The number of hydrogen-bond acceptors (Lipinski definition) is 2. The number of ether oxygens (including phenoxy) is 1.